The number of aromatic nitrogens is 2. The second-order valence-electron chi connectivity index (χ2n) is 8.49. The van der Waals surface area contributed by atoms with Crippen molar-refractivity contribution in [2.45, 2.75) is 38.6 Å². The number of halogens is 1. The van der Waals surface area contributed by atoms with E-state index in [0.29, 0.717) is 12.0 Å². The molecule has 5 rings (SSSR count). The van der Waals surface area contributed by atoms with Crippen LogP contribution in [0.3, 0.4) is 0 Å². The van der Waals surface area contributed by atoms with Crippen molar-refractivity contribution in [3.8, 4) is 0 Å². The van der Waals surface area contributed by atoms with Crippen molar-refractivity contribution in [3.05, 3.63) is 71.7 Å². The van der Waals surface area contributed by atoms with E-state index in [9.17, 15) is 4.39 Å². The molecular weight excluding hydrogens is 361 g/mol. The molecular formula is C25H26FN3. The van der Waals surface area contributed by atoms with Gasteiger partial charge in [-0.15, -0.1) is 0 Å². The summed E-state index contributed by atoms with van der Waals surface area (Å²) in [4.78, 5) is 4.71. The zero-order chi connectivity index (χ0) is 20.0. The summed E-state index contributed by atoms with van der Waals surface area (Å²) >= 11 is 0. The van der Waals surface area contributed by atoms with Crippen molar-refractivity contribution < 1.29 is 4.39 Å². The van der Waals surface area contributed by atoms with E-state index in [-0.39, 0.29) is 5.82 Å². The highest BCUT2D eigenvalue weighted by Gasteiger charge is 2.26. The Hall–Kier alpha value is -2.88. The predicted octanol–water partition coefficient (Wildman–Crippen LogP) is 6.00. The molecule has 3 nitrogen and oxygen atoms in total. The zero-order valence-corrected chi connectivity index (χ0v) is 17.0. The molecule has 2 aromatic heterocycles. The van der Waals surface area contributed by atoms with Gasteiger partial charge in [0.05, 0.1) is 5.52 Å². The summed E-state index contributed by atoms with van der Waals surface area (Å²) in [5.74, 6) is 1.38. The maximum absolute atomic E-state index is 13.5. The number of aryl methyl sites for hydroxylation is 2. The molecule has 0 unspecified atom stereocenters. The fourth-order valence-electron chi connectivity index (χ4n) is 4.94. The molecule has 29 heavy (non-hydrogen) atoms. The highest BCUT2D eigenvalue weighted by atomic mass is 19.1. The first-order valence-corrected chi connectivity index (χ1v) is 10.4. The average Bonchev–Trinajstić information content (AvgIpc) is 3.27. The van der Waals surface area contributed by atoms with E-state index in [1.165, 1.54) is 29.0 Å². The third-order valence-electron chi connectivity index (χ3n) is 6.36. The molecule has 0 amide bonds. The Kier molecular flexibility index (Phi) is 4.50. The van der Waals surface area contributed by atoms with Gasteiger partial charge in [-0.2, -0.15) is 0 Å². The lowest BCUT2D eigenvalue weighted by molar-refractivity contribution is 0.541. The third-order valence-corrected chi connectivity index (χ3v) is 6.36. The summed E-state index contributed by atoms with van der Waals surface area (Å²) in [6.07, 6.45) is 6.98. The normalized spacial score (nSPS) is 19.3. The largest absolute Gasteiger partial charge is 0.367 e. The predicted molar refractivity (Wildman–Crippen MR) is 118 cm³/mol. The van der Waals surface area contributed by atoms with Gasteiger partial charge >= 0.3 is 0 Å². The molecule has 0 bridgehead atoms. The van der Waals surface area contributed by atoms with Crippen molar-refractivity contribution in [1.82, 2.24) is 9.55 Å². The van der Waals surface area contributed by atoms with Crippen LogP contribution < -0.4 is 5.32 Å². The van der Waals surface area contributed by atoms with Gasteiger partial charge in [0.2, 0.25) is 0 Å². The van der Waals surface area contributed by atoms with Gasteiger partial charge in [0.25, 0.3) is 0 Å². The van der Waals surface area contributed by atoms with Crippen molar-refractivity contribution in [2.24, 2.45) is 13.0 Å². The highest BCUT2D eigenvalue weighted by Crippen LogP contribution is 2.33. The lowest BCUT2D eigenvalue weighted by Crippen LogP contribution is -2.17. The lowest BCUT2D eigenvalue weighted by atomic mass is 9.97. The highest BCUT2D eigenvalue weighted by molar-refractivity contribution is 5.84. The van der Waals surface area contributed by atoms with Crippen LogP contribution in [0.25, 0.3) is 21.8 Å². The number of pyridine rings is 1. The Morgan fingerprint density at radius 2 is 1.97 bits per heavy atom. The van der Waals surface area contributed by atoms with E-state index in [1.807, 2.05) is 13.0 Å². The van der Waals surface area contributed by atoms with E-state index >= 15 is 0 Å². The van der Waals surface area contributed by atoms with Crippen LogP contribution in [0.15, 0.2) is 54.7 Å². The van der Waals surface area contributed by atoms with Crippen LogP contribution in [0.4, 0.5) is 10.2 Å². The van der Waals surface area contributed by atoms with E-state index in [1.54, 1.807) is 12.1 Å². The van der Waals surface area contributed by atoms with Gasteiger partial charge in [-0.25, -0.2) is 9.37 Å². The standard InChI is InChI=1S/C25H26FN3/c1-16-11-25(28-23-10-8-19(26)14-22(16)23)27-20-9-7-17(13-20)12-18-15-29(2)24-6-4-3-5-21(18)24/h3-6,8,10-11,14-15,17,20H,7,9,12-13H2,1-2H3,(H,27,28)/t17-,20+/m1/s1. The number of hydrogen-bond donors (Lipinski definition) is 1. The molecule has 4 aromatic rings. The number of nitrogens with one attached hydrogen (secondary N) is 1. The van der Waals surface area contributed by atoms with E-state index in [0.717, 1.165) is 41.5 Å². The molecule has 0 spiro atoms. The van der Waals surface area contributed by atoms with E-state index in [4.69, 9.17) is 4.98 Å². The Morgan fingerprint density at radius 3 is 2.86 bits per heavy atom. The molecule has 4 heteroatoms. The molecule has 0 aliphatic heterocycles. The fourth-order valence-corrected chi connectivity index (χ4v) is 4.94. The van der Waals surface area contributed by atoms with Gasteiger partial charge in [-0.05, 0) is 80.0 Å². The van der Waals surface area contributed by atoms with Gasteiger partial charge < -0.3 is 9.88 Å². The van der Waals surface area contributed by atoms with Crippen LogP contribution in [0.5, 0.6) is 0 Å². The van der Waals surface area contributed by atoms with Crippen molar-refractivity contribution in [2.75, 3.05) is 5.32 Å². The molecule has 1 aliphatic carbocycles. The number of benzene rings is 2. The minimum Gasteiger partial charge on any atom is -0.367 e. The Bertz CT molecular complexity index is 1190. The van der Waals surface area contributed by atoms with Crippen LogP contribution >= 0.6 is 0 Å². The molecule has 148 valence electrons. The first kappa shape index (κ1) is 18.2. The fraction of sp³-hybridized carbons (Fsp3) is 0.320. The number of anilines is 1. The molecule has 0 radical (unpaired) electrons. The smallest absolute Gasteiger partial charge is 0.127 e. The van der Waals surface area contributed by atoms with Crippen LogP contribution in [-0.4, -0.2) is 15.6 Å². The van der Waals surface area contributed by atoms with Crippen molar-refractivity contribution in [1.29, 1.82) is 0 Å². The van der Waals surface area contributed by atoms with Gasteiger partial charge in [0.1, 0.15) is 11.6 Å². The second-order valence-corrected chi connectivity index (χ2v) is 8.49. The number of fused-ring (bicyclic) bond motifs is 2. The summed E-state index contributed by atoms with van der Waals surface area (Å²) < 4.78 is 15.8. The monoisotopic (exact) mass is 387 g/mol. The quantitative estimate of drug-likeness (QED) is 0.466. The maximum atomic E-state index is 13.5. The molecule has 1 aliphatic rings. The minimum absolute atomic E-state index is 0.213. The number of nitrogens with zero attached hydrogens (tertiary/aromatic N) is 2. The summed E-state index contributed by atoms with van der Waals surface area (Å²) in [6, 6.07) is 16.0. The lowest BCUT2D eigenvalue weighted by Gasteiger charge is -2.15. The van der Waals surface area contributed by atoms with Crippen molar-refractivity contribution in [3.63, 3.8) is 0 Å². The topological polar surface area (TPSA) is 29.9 Å². The van der Waals surface area contributed by atoms with Crippen molar-refractivity contribution >= 4 is 27.6 Å². The summed E-state index contributed by atoms with van der Waals surface area (Å²) in [7, 11) is 2.13. The van der Waals surface area contributed by atoms with Gasteiger partial charge in [0.15, 0.2) is 0 Å². The van der Waals surface area contributed by atoms with Crippen LogP contribution in [0.1, 0.15) is 30.4 Å². The third kappa shape index (κ3) is 3.48. The number of hydrogen-bond acceptors (Lipinski definition) is 2. The Morgan fingerprint density at radius 1 is 1.10 bits per heavy atom. The van der Waals surface area contributed by atoms with Crippen LogP contribution in [0, 0.1) is 18.7 Å². The van der Waals surface area contributed by atoms with Gasteiger partial charge in [-0.1, -0.05) is 18.2 Å². The summed E-state index contributed by atoms with van der Waals surface area (Å²) in [5.41, 5.74) is 4.67. The molecule has 1 fully saturated rings. The van der Waals surface area contributed by atoms with E-state index < -0.39 is 0 Å². The maximum Gasteiger partial charge on any atom is 0.127 e. The molecule has 2 aromatic carbocycles. The number of rotatable bonds is 4. The molecule has 0 saturated heterocycles. The molecule has 2 heterocycles. The van der Waals surface area contributed by atoms with Crippen LogP contribution in [0.2, 0.25) is 0 Å². The first-order valence-electron chi connectivity index (χ1n) is 10.4. The van der Waals surface area contributed by atoms with E-state index in [2.05, 4.69) is 47.4 Å². The molecule has 2 atom stereocenters. The SMILES string of the molecule is Cc1cc(N[C@H]2CC[C@H](Cc3cn(C)c4ccccc34)C2)nc2ccc(F)cc12. The zero-order valence-electron chi connectivity index (χ0n) is 17.0. The average molecular weight is 388 g/mol. The van der Waals surface area contributed by atoms with Gasteiger partial charge in [-0.3, -0.25) is 0 Å². The Balaban J connectivity index is 1.30. The second kappa shape index (κ2) is 7.18. The number of para-hydroxylation sites is 1. The summed E-state index contributed by atoms with van der Waals surface area (Å²) in [5, 5.41) is 5.90. The molecule has 1 saturated carbocycles. The molecule has 1 N–H and O–H groups in total. The Labute approximate surface area is 170 Å². The van der Waals surface area contributed by atoms with Gasteiger partial charge in [0, 0.05) is 35.6 Å². The minimum atomic E-state index is -0.213. The summed E-state index contributed by atoms with van der Waals surface area (Å²) in [6.45, 7) is 2.02. The van der Waals surface area contributed by atoms with Crippen LogP contribution in [-0.2, 0) is 13.5 Å². The first-order chi connectivity index (χ1) is 14.1.